The number of alkyl carbamates (subject to hydrolysis) is 1. The maximum absolute atomic E-state index is 14.1. The van der Waals surface area contributed by atoms with E-state index in [0.717, 1.165) is 24.8 Å². The Hall–Kier alpha value is -2.94. The number of benzene rings is 2. The van der Waals surface area contributed by atoms with E-state index in [9.17, 15) is 18.3 Å². The Bertz CT molecular complexity index is 1290. The molecule has 4 rings (SSSR count). The molecule has 2 unspecified atom stereocenters. The zero-order chi connectivity index (χ0) is 30.9. The summed E-state index contributed by atoms with van der Waals surface area (Å²) >= 11 is 0. The molecule has 0 aromatic heterocycles. The van der Waals surface area contributed by atoms with Crippen LogP contribution in [-0.2, 0) is 30.7 Å². The molecular weight excluding hydrogens is 578 g/mol. The van der Waals surface area contributed by atoms with Gasteiger partial charge in [-0.15, -0.1) is 0 Å². The van der Waals surface area contributed by atoms with Gasteiger partial charge in [-0.2, -0.15) is 4.31 Å². The minimum absolute atomic E-state index is 0.0114. The van der Waals surface area contributed by atoms with Crippen molar-refractivity contribution >= 4 is 16.1 Å². The Balaban J connectivity index is 1.58. The number of nitrogens with two attached hydrogens (primary N) is 1. The summed E-state index contributed by atoms with van der Waals surface area (Å²) in [6.45, 7) is 4.92. The first-order valence-corrected chi connectivity index (χ1v) is 16.0. The number of carbonyl (C=O) groups is 1. The first kappa shape index (κ1) is 33.0. The maximum atomic E-state index is 14.1. The lowest BCUT2D eigenvalue weighted by molar-refractivity contribution is -0.151. The molecule has 1 saturated heterocycles. The SMILES string of the molecule is CC(C)(CCCCN)CN(CC(O)C(Cc1ccccc1)NC(=O)OC1COCOC1)S(=O)(=O)c1ccc2c(c1)OCO2. The highest BCUT2D eigenvalue weighted by molar-refractivity contribution is 7.89. The largest absolute Gasteiger partial charge is 0.454 e. The van der Waals surface area contributed by atoms with E-state index >= 15 is 0 Å². The summed E-state index contributed by atoms with van der Waals surface area (Å²) < 4.78 is 56.1. The monoisotopic (exact) mass is 621 g/mol. The lowest BCUT2D eigenvalue weighted by Gasteiger charge is -2.35. The van der Waals surface area contributed by atoms with E-state index in [0.29, 0.717) is 18.0 Å². The van der Waals surface area contributed by atoms with Crippen molar-refractivity contribution in [2.24, 2.45) is 11.1 Å². The second kappa shape index (κ2) is 15.2. The van der Waals surface area contributed by atoms with Gasteiger partial charge in [0, 0.05) is 19.2 Å². The topological polar surface area (TPSA) is 159 Å². The first-order valence-electron chi connectivity index (χ1n) is 14.5. The minimum atomic E-state index is -4.10. The predicted molar refractivity (Wildman–Crippen MR) is 158 cm³/mol. The van der Waals surface area contributed by atoms with Gasteiger partial charge in [-0.1, -0.05) is 50.6 Å². The van der Waals surface area contributed by atoms with E-state index in [1.807, 2.05) is 44.2 Å². The van der Waals surface area contributed by atoms with Crippen LogP contribution in [0.2, 0.25) is 0 Å². The lowest BCUT2D eigenvalue weighted by atomic mass is 9.87. The van der Waals surface area contributed by atoms with Crippen LogP contribution in [0.5, 0.6) is 11.5 Å². The third kappa shape index (κ3) is 9.52. The fraction of sp³-hybridized carbons (Fsp3) is 0.567. The Labute approximate surface area is 253 Å². The molecule has 43 heavy (non-hydrogen) atoms. The average Bonchev–Trinajstić information content (AvgIpc) is 3.46. The zero-order valence-electron chi connectivity index (χ0n) is 24.8. The number of rotatable bonds is 15. The fourth-order valence-corrected chi connectivity index (χ4v) is 6.76. The number of nitrogens with zero attached hydrogens (tertiary/aromatic N) is 1. The number of nitrogens with one attached hydrogen (secondary N) is 1. The molecule has 1 amide bonds. The molecule has 238 valence electrons. The smallest absolute Gasteiger partial charge is 0.407 e. The van der Waals surface area contributed by atoms with Crippen LogP contribution < -0.4 is 20.5 Å². The summed E-state index contributed by atoms with van der Waals surface area (Å²) in [6, 6.07) is 12.9. The maximum Gasteiger partial charge on any atom is 0.407 e. The van der Waals surface area contributed by atoms with E-state index in [2.05, 4.69) is 5.32 Å². The van der Waals surface area contributed by atoms with Crippen molar-refractivity contribution in [3.63, 3.8) is 0 Å². The Morgan fingerprint density at radius 2 is 1.81 bits per heavy atom. The number of ether oxygens (including phenoxy) is 5. The number of fused-ring (bicyclic) bond motifs is 1. The van der Waals surface area contributed by atoms with Crippen molar-refractivity contribution < 1.29 is 42.0 Å². The Kier molecular flexibility index (Phi) is 11.6. The molecule has 0 saturated carbocycles. The van der Waals surface area contributed by atoms with Crippen LogP contribution in [0.15, 0.2) is 53.4 Å². The number of aliphatic hydroxyl groups is 1. The van der Waals surface area contributed by atoms with Crippen LogP contribution >= 0.6 is 0 Å². The Morgan fingerprint density at radius 3 is 2.53 bits per heavy atom. The number of unbranched alkanes of at least 4 members (excludes halogenated alkanes) is 1. The number of hydrogen-bond acceptors (Lipinski definition) is 10. The molecule has 2 heterocycles. The summed E-state index contributed by atoms with van der Waals surface area (Å²) in [5, 5.41) is 14.3. The predicted octanol–water partition coefficient (Wildman–Crippen LogP) is 2.63. The second-order valence-electron chi connectivity index (χ2n) is 11.6. The van der Waals surface area contributed by atoms with Gasteiger partial charge >= 0.3 is 6.09 Å². The van der Waals surface area contributed by atoms with Gasteiger partial charge < -0.3 is 39.8 Å². The van der Waals surface area contributed by atoms with Crippen LogP contribution in [0.25, 0.3) is 0 Å². The number of amides is 1. The molecular formula is C30H43N3O9S. The van der Waals surface area contributed by atoms with Gasteiger partial charge in [-0.25, -0.2) is 13.2 Å². The molecule has 0 aliphatic carbocycles. The molecule has 0 spiro atoms. The zero-order valence-corrected chi connectivity index (χ0v) is 25.6. The van der Waals surface area contributed by atoms with Crippen molar-refractivity contribution in [3.05, 3.63) is 54.1 Å². The van der Waals surface area contributed by atoms with Crippen LogP contribution in [0.4, 0.5) is 4.79 Å². The van der Waals surface area contributed by atoms with Crippen molar-refractivity contribution in [2.45, 2.75) is 62.7 Å². The molecule has 12 nitrogen and oxygen atoms in total. The van der Waals surface area contributed by atoms with E-state index < -0.39 is 39.8 Å². The van der Waals surface area contributed by atoms with E-state index in [1.54, 1.807) is 6.07 Å². The van der Waals surface area contributed by atoms with Crippen LogP contribution in [0.1, 0.15) is 38.7 Å². The molecule has 2 aromatic carbocycles. The number of carbonyl (C=O) groups excluding carboxylic acids is 1. The van der Waals surface area contributed by atoms with Gasteiger partial charge in [0.05, 0.1) is 30.3 Å². The average molecular weight is 622 g/mol. The van der Waals surface area contributed by atoms with Crippen molar-refractivity contribution in [1.82, 2.24) is 9.62 Å². The molecule has 0 bridgehead atoms. The number of aliphatic hydroxyl groups excluding tert-OH is 1. The van der Waals surface area contributed by atoms with E-state index in [4.69, 9.17) is 29.4 Å². The molecule has 2 aliphatic rings. The first-order chi connectivity index (χ1) is 20.6. The second-order valence-corrected chi connectivity index (χ2v) is 13.6. The molecule has 13 heteroatoms. The van der Waals surface area contributed by atoms with Crippen LogP contribution in [0, 0.1) is 5.41 Å². The summed E-state index contributed by atoms with van der Waals surface area (Å²) in [5.74, 6) is 0.804. The van der Waals surface area contributed by atoms with Gasteiger partial charge in [0.1, 0.15) is 6.79 Å². The highest BCUT2D eigenvalue weighted by Crippen LogP contribution is 2.36. The van der Waals surface area contributed by atoms with Gasteiger partial charge in [0.2, 0.25) is 16.8 Å². The van der Waals surface area contributed by atoms with E-state index in [-0.39, 0.29) is 51.2 Å². The number of hydrogen-bond donors (Lipinski definition) is 3. The summed E-state index contributed by atoms with van der Waals surface area (Å²) in [4.78, 5) is 12.9. The normalized spacial score (nSPS) is 17.0. The molecule has 2 aromatic rings. The highest BCUT2D eigenvalue weighted by atomic mass is 32.2. The van der Waals surface area contributed by atoms with Crippen LogP contribution in [0.3, 0.4) is 0 Å². The standard InChI is InChI=1S/C30H43N3O9S/c1-30(2,12-6-7-13-31)19-33(43(36,37)24-10-11-27-28(15-24)41-21-40-27)16-26(34)25(14-22-8-4-3-5-9-22)32-29(35)42-23-17-38-20-39-18-23/h3-5,8-11,15,23,25-26,34H,6-7,12-14,16-21,31H2,1-2H3,(H,32,35). The molecule has 0 radical (unpaired) electrons. The summed E-state index contributed by atoms with van der Waals surface area (Å²) in [7, 11) is -4.10. The van der Waals surface area contributed by atoms with Gasteiger partial charge in [-0.3, -0.25) is 0 Å². The minimum Gasteiger partial charge on any atom is -0.454 e. The van der Waals surface area contributed by atoms with Gasteiger partial charge in [0.15, 0.2) is 17.6 Å². The molecule has 1 fully saturated rings. The quantitative estimate of drug-likeness (QED) is 0.252. The third-order valence-corrected chi connectivity index (χ3v) is 9.21. The van der Waals surface area contributed by atoms with Crippen molar-refractivity contribution in [3.8, 4) is 11.5 Å². The van der Waals surface area contributed by atoms with Crippen LogP contribution in [-0.4, -0.2) is 88.6 Å². The third-order valence-electron chi connectivity index (χ3n) is 7.40. The fourth-order valence-electron chi connectivity index (χ4n) is 5.10. The van der Waals surface area contributed by atoms with Crippen molar-refractivity contribution in [2.75, 3.05) is 46.4 Å². The highest BCUT2D eigenvalue weighted by Gasteiger charge is 2.36. The van der Waals surface area contributed by atoms with Crippen molar-refractivity contribution in [1.29, 1.82) is 0 Å². The summed E-state index contributed by atoms with van der Waals surface area (Å²) in [5.41, 5.74) is 6.11. The lowest BCUT2D eigenvalue weighted by Crippen LogP contribution is -2.52. The van der Waals surface area contributed by atoms with Gasteiger partial charge in [-0.05, 0) is 48.9 Å². The van der Waals surface area contributed by atoms with Gasteiger partial charge in [0.25, 0.3) is 0 Å². The molecule has 2 aliphatic heterocycles. The Morgan fingerprint density at radius 1 is 1.09 bits per heavy atom. The molecule has 2 atom stereocenters. The van der Waals surface area contributed by atoms with E-state index in [1.165, 1.54) is 16.4 Å². The molecule has 4 N–H and O–H groups in total. The number of sulfonamides is 1. The summed E-state index contributed by atoms with van der Waals surface area (Å²) in [6.07, 6.45) is -0.00264.